The standard InChI is InChI=1S/C11H13N3O2/c1-2-16-11(15)9(8-13)10-4-3-6-14(10)7-5-12/h2-4,6-7H2,1H3. The maximum atomic E-state index is 11.5. The fourth-order valence-corrected chi connectivity index (χ4v) is 1.70. The molecule has 0 aliphatic carbocycles. The molecule has 1 rings (SSSR count). The Labute approximate surface area is 94.5 Å². The summed E-state index contributed by atoms with van der Waals surface area (Å²) in [5, 5.41) is 17.6. The van der Waals surface area contributed by atoms with Gasteiger partial charge in [-0.3, -0.25) is 0 Å². The van der Waals surface area contributed by atoms with Crippen LogP contribution in [0.15, 0.2) is 11.3 Å². The van der Waals surface area contributed by atoms with Crippen LogP contribution in [0.4, 0.5) is 0 Å². The van der Waals surface area contributed by atoms with E-state index < -0.39 is 5.97 Å². The number of allylic oxidation sites excluding steroid dienone is 1. The summed E-state index contributed by atoms with van der Waals surface area (Å²) >= 11 is 0. The van der Waals surface area contributed by atoms with Crippen molar-refractivity contribution in [1.82, 2.24) is 4.90 Å². The lowest BCUT2D eigenvalue weighted by Crippen LogP contribution is -2.21. The van der Waals surface area contributed by atoms with Gasteiger partial charge in [-0.05, 0) is 19.8 Å². The molecule has 0 spiro atoms. The van der Waals surface area contributed by atoms with E-state index in [0.29, 0.717) is 18.7 Å². The van der Waals surface area contributed by atoms with E-state index in [-0.39, 0.29) is 18.7 Å². The fourth-order valence-electron chi connectivity index (χ4n) is 1.70. The molecule has 16 heavy (non-hydrogen) atoms. The van der Waals surface area contributed by atoms with Crippen molar-refractivity contribution in [2.24, 2.45) is 0 Å². The van der Waals surface area contributed by atoms with Gasteiger partial charge >= 0.3 is 5.97 Å². The summed E-state index contributed by atoms with van der Waals surface area (Å²) in [6.45, 7) is 2.86. The summed E-state index contributed by atoms with van der Waals surface area (Å²) in [4.78, 5) is 13.3. The number of carbonyl (C=O) groups is 1. The third-order valence-corrected chi connectivity index (χ3v) is 2.36. The molecule has 0 radical (unpaired) electrons. The number of nitriles is 2. The Morgan fingerprint density at radius 3 is 2.88 bits per heavy atom. The van der Waals surface area contributed by atoms with Crippen molar-refractivity contribution in [1.29, 1.82) is 10.5 Å². The molecule has 0 atom stereocenters. The van der Waals surface area contributed by atoms with Crippen LogP contribution in [0.5, 0.6) is 0 Å². The normalized spacial score (nSPS) is 17.6. The van der Waals surface area contributed by atoms with E-state index in [1.165, 1.54) is 0 Å². The molecule has 1 saturated heterocycles. The van der Waals surface area contributed by atoms with E-state index in [2.05, 4.69) is 0 Å². The molecule has 0 N–H and O–H groups in total. The predicted molar refractivity (Wildman–Crippen MR) is 55.7 cm³/mol. The number of rotatable bonds is 3. The van der Waals surface area contributed by atoms with E-state index >= 15 is 0 Å². The molecule has 1 heterocycles. The molecule has 5 heteroatoms. The third kappa shape index (κ3) is 2.52. The van der Waals surface area contributed by atoms with Gasteiger partial charge in [0.25, 0.3) is 0 Å². The highest BCUT2D eigenvalue weighted by molar-refractivity contribution is 5.93. The van der Waals surface area contributed by atoms with Crippen LogP contribution >= 0.6 is 0 Å². The average Bonchev–Trinajstić information content (AvgIpc) is 2.69. The summed E-state index contributed by atoms with van der Waals surface area (Å²) in [5.74, 6) is -0.593. The quantitative estimate of drug-likeness (QED) is 0.305. The second-order valence-corrected chi connectivity index (χ2v) is 3.34. The van der Waals surface area contributed by atoms with E-state index in [4.69, 9.17) is 15.3 Å². The van der Waals surface area contributed by atoms with Gasteiger partial charge in [-0.1, -0.05) is 0 Å². The number of likely N-dealkylation sites (tertiary alicyclic amines) is 1. The summed E-state index contributed by atoms with van der Waals surface area (Å²) in [5.41, 5.74) is 0.678. The molecule has 0 amide bonds. The van der Waals surface area contributed by atoms with Crippen LogP contribution in [0, 0.1) is 22.7 Å². The number of carbonyl (C=O) groups excluding carboxylic acids is 1. The van der Waals surface area contributed by atoms with Crippen LogP contribution in [0.1, 0.15) is 19.8 Å². The molecule has 0 aromatic heterocycles. The number of hydrogen-bond acceptors (Lipinski definition) is 5. The molecular weight excluding hydrogens is 206 g/mol. The first-order chi connectivity index (χ1) is 7.74. The highest BCUT2D eigenvalue weighted by Gasteiger charge is 2.25. The lowest BCUT2D eigenvalue weighted by Gasteiger charge is -2.16. The SMILES string of the molecule is CCOC(=O)C(C#N)=C1CCCN1CC#N. The molecular formula is C11H13N3O2. The van der Waals surface area contributed by atoms with Gasteiger partial charge in [0, 0.05) is 12.2 Å². The number of esters is 1. The Balaban J connectivity index is 2.95. The van der Waals surface area contributed by atoms with Gasteiger partial charge in [-0.25, -0.2) is 4.79 Å². The Kier molecular flexibility index (Phi) is 4.35. The van der Waals surface area contributed by atoms with E-state index in [0.717, 1.165) is 6.42 Å². The van der Waals surface area contributed by atoms with Crippen LogP contribution < -0.4 is 0 Å². The van der Waals surface area contributed by atoms with Crippen LogP contribution in [0.2, 0.25) is 0 Å². The van der Waals surface area contributed by atoms with Crippen molar-refractivity contribution in [2.75, 3.05) is 19.7 Å². The van der Waals surface area contributed by atoms with Crippen LogP contribution in [0.3, 0.4) is 0 Å². The minimum Gasteiger partial charge on any atom is -0.462 e. The Bertz CT molecular complexity index is 387. The van der Waals surface area contributed by atoms with Gasteiger partial charge in [-0.15, -0.1) is 0 Å². The summed E-state index contributed by atoms with van der Waals surface area (Å²) in [7, 11) is 0. The molecule has 84 valence electrons. The Morgan fingerprint density at radius 1 is 1.56 bits per heavy atom. The Hall–Kier alpha value is -2.01. The molecule has 0 aromatic rings. The summed E-state index contributed by atoms with van der Waals surface area (Å²) < 4.78 is 4.80. The molecule has 1 aliphatic heterocycles. The van der Waals surface area contributed by atoms with Crippen molar-refractivity contribution in [3.8, 4) is 12.1 Å². The highest BCUT2D eigenvalue weighted by Crippen LogP contribution is 2.24. The van der Waals surface area contributed by atoms with Crippen LogP contribution in [-0.4, -0.2) is 30.6 Å². The van der Waals surface area contributed by atoms with Crippen LogP contribution in [0.25, 0.3) is 0 Å². The monoisotopic (exact) mass is 219 g/mol. The average molecular weight is 219 g/mol. The second kappa shape index (κ2) is 5.77. The van der Waals surface area contributed by atoms with Gasteiger partial charge in [-0.2, -0.15) is 10.5 Å². The zero-order chi connectivity index (χ0) is 12.0. The predicted octanol–water partition coefficient (Wildman–Crippen LogP) is 0.947. The molecule has 0 aromatic carbocycles. The molecule has 0 bridgehead atoms. The molecule has 5 nitrogen and oxygen atoms in total. The maximum absolute atomic E-state index is 11.5. The second-order valence-electron chi connectivity index (χ2n) is 3.34. The van der Waals surface area contributed by atoms with Crippen molar-refractivity contribution >= 4 is 5.97 Å². The number of hydrogen-bond donors (Lipinski definition) is 0. The largest absolute Gasteiger partial charge is 0.462 e. The van der Waals surface area contributed by atoms with E-state index in [1.54, 1.807) is 11.8 Å². The maximum Gasteiger partial charge on any atom is 0.350 e. The third-order valence-electron chi connectivity index (χ3n) is 2.36. The summed E-state index contributed by atoms with van der Waals surface area (Å²) in [6, 6.07) is 3.89. The first-order valence-electron chi connectivity index (χ1n) is 5.16. The van der Waals surface area contributed by atoms with Crippen molar-refractivity contribution in [3.05, 3.63) is 11.3 Å². The van der Waals surface area contributed by atoms with Gasteiger partial charge in [0.05, 0.1) is 12.7 Å². The summed E-state index contributed by atoms with van der Waals surface area (Å²) in [6.07, 6.45) is 1.52. The van der Waals surface area contributed by atoms with Gasteiger partial charge in [0.1, 0.15) is 12.6 Å². The lowest BCUT2D eigenvalue weighted by atomic mass is 10.2. The molecule has 0 unspecified atom stereocenters. The molecule has 1 aliphatic rings. The molecule has 1 fully saturated rings. The first-order valence-corrected chi connectivity index (χ1v) is 5.16. The zero-order valence-electron chi connectivity index (χ0n) is 9.19. The van der Waals surface area contributed by atoms with Crippen molar-refractivity contribution < 1.29 is 9.53 Å². The number of ether oxygens (including phenoxy) is 1. The van der Waals surface area contributed by atoms with Crippen molar-refractivity contribution in [2.45, 2.75) is 19.8 Å². The van der Waals surface area contributed by atoms with Crippen LogP contribution in [-0.2, 0) is 9.53 Å². The smallest absolute Gasteiger partial charge is 0.350 e. The zero-order valence-corrected chi connectivity index (χ0v) is 9.19. The fraction of sp³-hybridized carbons (Fsp3) is 0.545. The van der Waals surface area contributed by atoms with Gasteiger partial charge < -0.3 is 9.64 Å². The minimum atomic E-state index is -0.593. The minimum absolute atomic E-state index is 0.0367. The lowest BCUT2D eigenvalue weighted by molar-refractivity contribution is -0.138. The van der Waals surface area contributed by atoms with E-state index in [1.807, 2.05) is 12.1 Å². The van der Waals surface area contributed by atoms with Gasteiger partial charge in [0.15, 0.2) is 5.57 Å². The van der Waals surface area contributed by atoms with Gasteiger partial charge in [0.2, 0.25) is 0 Å². The highest BCUT2D eigenvalue weighted by atomic mass is 16.5. The Morgan fingerprint density at radius 2 is 2.31 bits per heavy atom. The first kappa shape index (κ1) is 12.1. The van der Waals surface area contributed by atoms with Crippen molar-refractivity contribution in [3.63, 3.8) is 0 Å². The molecule has 0 saturated carbocycles. The van der Waals surface area contributed by atoms with E-state index in [9.17, 15) is 4.79 Å². The number of nitrogens with zero attached hydrogens (tertiary/aromatic N) is 3. The topological polar surface area (TPSA) is 77.1 Å².